The van der Waals surface area contributed by atoms with Gasteiger partial charge < -0.3 is 0 Å². The molecule has 1 fully saturated rings. The molecule has 1 aromatic rings. The third kappa shape index (κ3) is 2.51. The predicted molar refractivity (Wildman–Crippen MR) is 75.9 cm³/mol. The Labute approximate surface area is 105 Å². The van der Waals surface area contributed by atoms with E-state index in [1.807, 2.05) is 11.8 Å². The van der Waals surface area contributed by atoms with Crippen LogP contribution in [0.15, 0.2) is 24.3 Å². The normalized spacial score (nSPS) is 20.1. The summed E-state index contributed by atoms with van der Waals surface area (Å²) in [6.45, 7) is 2.15. The Hall–Kier alpha value is 0.270. The molecule has 0 aliphatic carbocycles. The zero-order chi connectivity index (χ0) is 10.7. The van der Waals surface area contributed by atoms with Crippen LogP contribution in [0.25, 0.3) is 0 Å². The van der Waals surface area contributed by atoms with Crippen molar-refractivity contribution >= 4 is 35.3 Å². The van der Waals surface area contributed by atoms with E-state index in [4.69, 9.17) is 0 Å². The average Bonchev–Trinajstić information content (AvgIpc) is 2.31. The maximum absolute atomic E-state index is 2.29. The molecule has 3 heteroatoms. The third-order valence-electron chi connectivity index (χ3n) is 2.55. The zero-order valence-corrected chi connectivity index (χ0v) is 11.6. The van der Waals surface area contributed by atoms with E-state index >= 15 is 0 Å². The number of thioether (sulfide) groups is 3. The molecule has 1 heterocycles. The van der Waals surface area contributed by atoms with Crippen molar-refractivity contribution in [2.45, 2.75) is 16.8 Å². The van der Waals surface area contributed by atoms with Crippen LogP contribution in [0, 0.1) is 6.92 Å². The first kappa shape index (κ1) is 11.7. The molecule has 0 aromatic heterocycles. The molecule has 2 rings (SSSR count). The highest BCUT2D eigenvalue weighted by molar-refractivity contribution is 8.32. The highest BCUT2D eigenvalue weighted by Crippen LogP contribution is 2.56. The Morgan fingerprint density at radius 1 is 1.13 bits per heavy atom. The fraction of sp³-hybridized carbons (Fsp3) is 0.500. The second-order valence-corrected chi connectivity index (χ2v) is 8.09. The van der Waals surface area contributed by atoms with Crippen molar-refractivity contribution in [3.63, 3.8) is 0 Å². The molecule has 0 N–H and O–H groups in total. The van der Waals surface area contributed by atoms with Crippen molar-refractivity contribution < 1.29 is 0 Å². The van der Waals surface area contributed by atoms with Crippen molar-refractivity contribution in [3.05, 3.63) is 35.4 Å². The summed E-state index contributed by atoms with van der Waals surface area (Å²) < 4.78 is 0.256. The molecule has 1 aliphatic rings. The van der Waals surface area contributed by atoms with Crippen molar-refractivity contribution in [2.24, 2.45) is 0 Å². The van der Waals surface area contributed by atoms with Gasteiger partial charge in [0.2, 0.25) is 0 Å². The molecule has 0 saturated carbocycles. The van der Waals surface area contributed by atoms with E-state index in [1.54, 1.807) is 0 Å². The number of hydrogen-bond acceptors (Lipinski definition) is 3. The molecule has 1 saturated heterocycles. The van der Waals surface area contributed by atoms with Gasteiger partial charge in [-0.3, -0.25) is 0 Å². The van der Waals surface area contributed by atoms with E-state index in [9.17, 15) is 0 Å². The van der Waals surface area contributed by atoms with Gasteiger partial charge in [0.15, 0.2) is 0 Å². The predicted octanol–water partition coefficient (Wildman–Crippen LogP) is 4.34. The first-order valence-electron chi connectivity index (χ1n) is 5.17. The molecule has 0 spiro atoms. The molecule has 1 aromatic carbocycles. The van der Waals surface area contributed by atoms with Crippen LogP contribution in [-0.2, 0) is 3.41 Å². The summed E-state index contributed by atoms with van der Waals surface area (Å²) in [5, 5.41) is 0. The van der Waals surface area contributed by atoms with E-state index in [0.717, 1.165) is 0 Å². The molecule has 82 valence electrons. The molecular formula is C12H16S3. The first-order chi connectivity index (χ1) is 7.27. The van der Waals surface area contributed by atoms with Gasteiger partial charge >= 0.3 is 0 Å². The quantitative estimate of drug-likeness (QED) is 0.772. The van der Waals surface area contributed by atoms with Crippen LogP contribution in [0.4, 0.5) is 0 Å². The zero-order valence-electron chi connectivity index (χ0n) is 9.16. The number of hydrogen-bond donors (Lipinski definition) is 0. The van der Waals surface area contributed by atoms with Crippen LogP contribution >= 0.6 is 35.3 Å². The molecule has 0 unspecified atom stereocenters. The van der Waals surface area contributed by atoms with Gasteiger partial charge in [-0.15, -0.1) is 35.3 Å². The Morgan fingerprint density at radius 3 is 2.27 bits per heavy atom. The summed E-state index contributed by atoms with van der Waals surface area (Å²) in [6, 6.07) is 9.03. The van der Waals surface area contributed by atoms with E-state index < -0.39 is 0 Å². The summed E-state index contributed by atoms with van der Waals surface area (Å²) in [4.78, 5) is 0. The van der Waals surface area contributed by atoms with Crippen molar-refractivity contribution in [2.75, 3.05) is 17.8 Å². The Kier molecular flexibility index (Phi) is 3.97. The van der Waals surface area contributed by atoms with Crippen LogP contribution < -0.4 is 0 Å². The number of rotatable bonds is 2. The van der Waals surface area contributed by atoms with Crippen molar-refractivity contribution in [1.29, 1.82) is 0 Å². The molecule has 0 bridgehead atoms. The first-order valence-corrected chi connectivity index (χ1v) is 8.37. The van der Waals surface area contributed by atoms with Crippen molar-refractivity contribution in [3.8, 4) is 0 Å². The van der Waals surface area contributed by atoms with Gasteiger partial charge in [-0.25, -0.2) is 0 Å². The SMILES string of the molecule is CSC1(c2ccc(C)cc2)SCCCS1. The summed E-state index contributed by atoms with van der Waals surface area (Å²) in [5.41, 5.74) is 2.82. The van der Waals surface area contributed by atoms with Gasteiger partial charge in [0.25, 0.3) is 0 Å². The highest BCUT2D eigenvalue weighted by Gasteiger charge is 2.34. The van der Waals surface area contributed by atoms with Crippen LogP contribution in [0.1, 0.15) is 17.5 Å². The monoisotopic (exact) mass is 256 g/mol. The summed E-state index contributed by atoms with van der Waals surface area (Å²) in [5.74, 6) is 2.59. The summed E-state index contributed by atoms with van der Waals surface area (Å²) >= 11 is 6.17. The molecule has 1 aliphatic heterocycles. The summed E-state index contributed by atoms with van der Waals surface area (Å²) in [7, 11) is 0. The van der Waals surface area contributed by atoms with Crippen LogP contribution in [0.2, 0.25) is 0 Å². The minimum atomic E-state index is 0.256. The lowest BCUT2D eigenvalue weighted by Gasteiger charge is -2.34. The van der Waals surface area contributed by atoms with Gasteiger partial charge in [-0.1, -0.05) is 29.8 Å². The molecule has 0 atom stereocenters. The molecule has 0 radical (unpaired) electrons. The third-order valence-corrected chi connectivity index (χ3v) is 7.95. The Balaban J connectivity index is 2.28. The van der Waals surface area contributed by atoms with E-state index in [0.29, 0.717) is 0 Å². The number of benzene rings is 1. The van der Waals surface area contributed by atoms with Gasteiger partial charge in [-0.05, 0) is 36.7 Å². The minimum absolute atomic E-state index is 0.256. The van der Waals surface area contributed by atoms with Gasteiger partial charge in [0.05, 0.1) is 0 Å². The van der Waals surface area contributed by atoms with Crippen LogP contribution in [0.3, 0.4) is 0 Å². The minimum Gasteiger partial charge on any atom is -0.132 e. The molecule has 15 heavy (non-hydrogen) atoms. The average molecular weight is 256 g/mol. The Morgan fingerprint density at radius 2 is 1.73 bits per heavy atom. The lowest BCUT2D eigenvalue weighted by atomic mass is 10.2. The molecule has 0 nitrogen and oxygen atoms in total. The lowest BCUT2D eigenvalue weighted by molar-refractivity contribution is 1.08. The van der Waals surface area contributed by atoms with Crippen molar-refractivity contribution in [1.82, 2.24) is 0 Å². The fourth-order valence-corrected chi connectivity index (χ4v) is 6.22. The molecule has 0 amide bonds. The largest absolute Gasteiger partial charge is 0.132 e. The van der Waals surface area contributed by atoms with Crippen LogP contribution in [0.5, 0.6) is 0 Å². The summed E-state index contributed by atoms with van der Waals surface area (Å²) in [6.07, 6.45) is 3.58. The van der Waals surface area contributed by atoms with Gasteiger partial charge in [0, 0.05) is 0 Å². The second kappa shape index (κ2) is 5.07. The topological polar surface area (TPSA) is 0 Å². The highest BCUT2D eigenvalue weighted by atomic mass is 32.3. The molecular weight excluding hydrogens is 240 g/mol. The lowest BCUT2D eigenvalue weighted by Crippen LogP contribution is -2.18. The number of aryl methyl sites for hydroxylation is 1. The van der Waals surface area contributed by atoms with Crippen LogP contribution in [-0.4, -0.2) is 17.8 Å². The maximum atomic E-state index is 2.29. The standard InChI is InChI=1S/C12H16S3/c1-10-4-6-11(7-5-10)12(13-2)14-8-3-9-15-12/h4-7H,3,8-9H2,1-2H3. The second-order valence-electron chi connectivity index (χ2n) is 3.68. The Bertz CT molecular complexity index is 312. The van der Waals surface area contributed by atoms with E-state index in [1.165, 1.54) is 29.1 Å². The van der Waals surface area contributed by atoms with Gasteiger partial charge in [-0.2, -0.15) is 0 Å². The van der Waals surface area contributed by atoms with E-state index in [2.05, 4.69) is 61.0 Å². The van der Waals surface area contributed by atoms with Gasteiger partial charge in [0.1, 0.15) is 3.41 Å². The fourth-order valence-electron chi connectivity index (χ4n) is 1.67. The maximum Gasteiger partial charge on any atom is 0.132 e. The van der Waals surface area contributed by atoms with E-state index in [-0.39, 0.29) is 3.41 Å². The smallest absolute Gasteiger partial charge is 0.132 e.